The van der Waals surface area contributed by atoms with Crippen LogP contribution in [0.4, 0.5) is 5.95 Å². The molecule has 0 saturated heterocycles. The van der Waals surface area contributed by atoms with Crippen LogP contribution in [-0.4, -0.2) is 24.9 Å². The molecule has 4 rings (SSSR count). The highest BCUT2D eigenvalue weighted by atomic mass is 16.3. The number of pyridine rings is 1. The van der Waals surface area contributed by atoms with Gasteiger partial charge in [0.1, 0.15) is 5.69 Å². The summed E-state index contributed by atoms with van der Waals surface area (Å²) in [6, 6.07) is 7.55. The normalized spacial score (nSPS) is 10.6. The third-order valence-corrected chi connectivity index (χ3v) is 3.56. The zero-order chi connectivity index (χ0) is 16.9. The minimum absolute atomic E-state index is 0.503. The first-order valence-electron chi connectivity index (χ1n) is 7.70. The van der Waals surface area contributed by atoms with E-state index in [9.17, 15) is 0 Å². The molecule has 7 heteroatoms. The van der Waals surface area contributed by atoms with Gasteiger partial charge in [-0.2, -0.15) is 0 Å². The lowest BCUT2D eigenvalue weighted by molar-refractivity contribution is 0.580. The number of rotatable bonds is 5. The molecule has 0 aliphatic heterocycles. The third-order valence-electron chi connectivity index (χ3n) is 3.56. The molecular formula is C18H14N6O. The van der Waals surface area contributed by atoms with Crippen LogP contribution in [0.5, 0.6) is 0 Å². The molecule has 4 aromatic heterocycles. The number of nitrogens with one attached hydrogen (secondary N) is 1. The number of anilines is 1. The summed E-state index contributed by atoms with van der Waals surface area (Å²) in [5.74, 6) is 1.15. The Morgan fingerprint density at radius 1 is 0.920 bits per heavy atom. The van der Waals surface area contributed by atoms with E-state index >= 15 is 0 Å². The number of hydrogen-bond donors (Lipinski definition) is 1. The Morgan fingerprint density at radius 3 is 2.64 bits per heavy atom. The van der Waals surface area contributed by atoms with Crippen LogP contribution < -0.4 is 5.32 Å². The molecule has 0 atom stereocenters. The fourth-order valence-electron chi connectivity index (χ4n) is 2.38. The standard InChI is InChI=1S/C18H14N6O/c1-3-13(9-19-5-1)10-22-18-23-11-14(15-12-20-6-7-21-15)17(24-18)16-4-2-8-25-16/h1-9,11-12H,10H2,(H,22,23,24). The van der Waals surface area contributed by atoms with Gasteiger partial charge in [-0.1, -0.05) is 6.07 Å². The number of hydrogen-bond acceptors (Lipinski definition) is 7. The highest BCUT2D eigenvalue weighted by Gasteiger charge is 2.14. The van der Waals surface area contributed by atoms with Gasteiger partial charge >= 0.3 is 0 Å². The molecule has 0 amide bonds. The molecule has 122 valence electrons. The molecule has 0 saturated carbocycles. The zero-order valence-corrected chi connectivity index (χ0v) is 13.2. The summed E-state index contributed by atoms with van der Waals surface area (Å²) in [4.78, 5) is 21.5. The van der Waals surface area contributed by atoms with Crippen molar-refractivity contribution in [3.8, 4) is 22.7 Å². The molecular weight excluding hydrogens is 316 g/mol. The Balaban J connectivity index is 1.68. The first-order chi connectivity index (χ1) is 12.4. The van der Waals surface area contributed by atoms with Crippen molar-refractivity contribution in [2.24, 2.45) is 0 Å². The highest BCUT2D eigenvalue weighted by Crippen LogP contribution is 2.29. The van der Waals surface area contributed by atoms with Crippen molar-refractivity contribution in [3.63, 3.8) is 0 Å². The van der Waals surface area contributed by atoms with Crippen LogP contribution in [0, 0.1) is 0 Å². The Bertz CT molecular complexity index is 942. The topological polar surface area (TPSA) is 89.6 Å². The smallest absolute Gasteiger partial charge is 0.223 e. The molecule has 0 unspecified atom stereocenters. The lowest BCUT2D eigenvalue weighted by Gasteiger charge is -2.09. The van der Waals surface area contributed by atoms with E-state index in [0.29, 0.717) is 29.6 Å². The minimum Gasteiger partial charge on any atom is -0.463 e. The SMILES string of the molecule is c1cncc(CNc2ncc(-c3cnccn3)c(-c3ccco3)n2)c1. The lowest BCUT2D eigenvalue weighted by Crippen LogP contribution is -2.05. The number of nitrogens with zero attached hydrogens (tertiary/aromatic N) is 5. The van der Waals surface area contributed by atoms with E-state index in [2.05, 4.69) is 30.2 Å². The van der Waals surface area contributed by atoms with Gasteiger partial charge in [0.25, 0.3) is 0 Å². The molecule has 0 aliphatic rings. The molecule has 7 nitrogen and oxygen atoms in total. The summed E-state index contributed by atoms with van der Waals surface area (Å²) in [6.45, 7) is 0.579. The summed E-state index contributed by atoms with van der Waals surface area (Å²) >= 11 is 0. The van der Waals surface area contributed by atoms with E-state index in [-0.39, 0.29) is 0 Å². The van der Waals surface area contributed by atoms with Gasteiger partial charge in [0.2, 0.25) is 5.95 Å². The van der Waals surface area contributed by atoms with Crippen LogP contribution in [0.3, 0.4) is 0 Å². The van der Waals surface area contributed by atoms with E-state index in [1.807, 2.05) is 24.3 Å². The second-order valence-corrected chi connectivity index (χ2v) is 5.24. The van der Waals surface area contributed by atoms with Crippen molar-refractivity contribution in [2.45, 2.75) is 6.54 Å². The number of aromatic nitrogens is 5. The number of furan rings is 1. The van der Waals surface area contributed by atoms with Gasteiger partial charge in [0, 0.05) is 43.1 Å². The Morgan fingerprint density at radius 2 is 1.88 bits per heavy atom. The predicted molar refractivity (Wildman–Crippen MR) is 92.3 cm³/mol. The van der Waals surface area contributed by atoms with Crippen LogP contribution in [0.15, 0.2) is 72.1 Å². The molecule has 0 bridgehead atoms. The van der Waals surface area contributed by atoms with Gasteiger partial charge < -0.3 is 9.73 Å². The maximum Gasteiger partial charge on any atom is 0.223 e. The van der Waals surface area contributed by atoms with Crippen molar-refractivity contribution in [1.82, 2.24) is 24.9 Å². The summed E-state index contributed by atoms with van der Waals surface area (Å²) in [6.07, 6.45) is 11.8. The van der Waals surface area contributed by atoms with Crippen molar-refractivity contribution in [2.75, 3.05) is 5.32 Å². The van der Waals surface area contributed by atoms with E-state index in [1.165, 1.54) is 0 Å². The van der Waals surface area contributed by atoms with E-state index in [1.54, 1.807) is 43.4 Å². The van der Waals surface area contributed by atoms with Gasteiger partial charge in [-0.05, 0) is 23.8 Å². The molecule has 0 radical (unpaired) electrons. The van der Waals surface area contributed by atoms with Crippen LogP contribution >= 0.6 is 0 Å². The third kappa shape index (κ3) is 3.35. The first kappa shape index (κ1) is 14.9. The fourth-order valence-corrected chi connectivity index (χ4v) is 2.38. The van der Waals surface area contributed by atoms with Gasteiger partial charge in [0.05, 0.1) is 18.2 Å². The van der Waals surface area contributed by atoms with Gasteiger partial charge in [0.15, 0.2) is 5.76 Å². The average molecular weight is 330 g/mol. The summed E-state index contributed by atoms with van der Waals surface area (Å²) in [5, 5.41) is 3.20. The Kier molecular flexibility index (Phi) is 4.11. The second-order valence-electron chi connectivity index (χ2n) is 5.24. The Hall–Kier alpha value is -3.61. The maximum atomic E-state index is 5.52. The van der Waals surface area contributed by atoms with E-state index < -0.39 is 0 Å². The Labute approximate surface area is 143 Å². The molecule has 0 aromatic carbocycles. The lowest BCUT2D eigenvalue weighted by atomic mass is 10.1. The molecule has 1 N–H and O–H groups in total. The van der Waals surface area contributed by atoms with Crippen LogP contribution in [0.2, 0.25) is 0 Å². The molecule has 4 aromatic rings. The predicted octanol–water partition coefficient (Wildman–Crippen LogP) is 3.20. The zero-order valence-electron chi connectivity index (χ0n) is 13.2. The van der Waals surface area contributed by atoms with Crippen molar-refractivity contribution < 1.29 is 4.42 Å². The molecule has 0 spiro atoms. The second kappa shape index (κ2) is 6.88. The monoisotopic (exact) mass is 330 g/mol. The quantitative estimate of drug-likeness (QED) is 0.601. The summed E-state index contributed by atoms with van der Waals surface area (Å²) in [5.41, 5.74) is 3.15. The summed E-state index contributed by atoms with van der Waals surface area (Å²) < 4.78 is 5.52. The highest BCUT2D eigenvalue weighted by molar-refractivity contribution is 5.76. The minimum atomic E-state index is 0.503. The first-order valence-corrected chi connectivity index (χ1v) is 7.70. The molecule has 4 heterocycles. The van der Waals surface area contributed by atoms with Crippen molar-refractivity contribution >= 4 is 5.95 Å². The van der Waals surface area contributed by atoms with Crippen molar-refractivity contribution in [3.05, 3.63) is 73.3 Å². The summed E-state index contributed by atoms with van der Waals surface area (Å²) in [7, 11) is 0. The average Bonchev–Trinajstić information content (AvgIpc) is 3.22. The van der Waals surface area contributed by atoms with Crippen LogP contribution in [0.25, 0.3) is 22.7 Å². The molecule has 0 fully saturated rings. The largest absolute Gasteiger partial charge is 0.463 e. The van der Waals surface area contributed by atoms with Gasteiger partial charge in [-0.3, -0.25) is 15.0 Å². The van der Waals surface area contributed by atoms with Crippen LogP contribution in [-0.2, 0) is 6.54 Å². The van der Waals surface area contributed by atoms with Gasteiger partial charge in [-0.25, -0.2) is 9.97 Å². The fraction of sp³-hybridized carbons (Fsp3) is 0.0556. The molecule has 0 aliphatic carbocycles. The van der Waals surface area contributed by atoms with Crippen molar-refractivity contribution in [1.29, 1.82) is 0 Å². The molecule has 25 heavy (non-hydrogen) atoms. The van der Waals surface area contributed by atoms with E-state index in [0.717, 1.165) is 11.1 Å². The van der Waals surface area contributed by atoms with Gasteiger partial charge in [-0.15, -0.1) is 0 Å². The maximum absolute atomic E-state index is 5.52. The van der Waals surface area contributed by atoms with Crippen LogP contribution in [0.1, 0.15) is 5.56 Å². The van der Waals surface area contributed by atoms with E-state index in [4.69, 9.17) is 4.42 Å².